The second-order valence-electron chi connectivity index (χ2n) is 9.20. The lowest BCUT2D eigenvalue weighted by Crippen LogP contribution is -2.44. The van der Waals surface area contributed by atoms with Gasteiger partial charge in [0.2, 0.25) is 11.8 Å². The van der Waals surface area contributed by atoms with Crippen LogP contribution in [0.1, 0.15) is 63.5 Å². The SMILES string of the molecule is CCC1=C2B(O)O[C@H](c3cccc(O)c3)C[C@H]2[C@H]2C(=O)N(CCCCCC(=O)O)C(=O)[C@H]2C1. The van der Waals surface area contributed by atoms with Crippen molar-refractivity contribution >= 4 is 24.9 Å². The number of aliphatic carboxylic acids is 1. The lowest BCUT2D eigenvalue weighted by Gasteiger charge is -2.42. The van der Waals surface area contributed by atoms with Crippen LogP contribution in [0.4, 0.5) is 0 Å². The minimum atomic E-state index is -1.15. The van der Waals surface area contributed by atoms with Gasteiger partial charge in [-0.25, -0.2) is 0 Å². The number of amides is 2. The Bertz CT molecular complexity index is 977. The number of phenols is 1. The Morgan fingerprint density at radius 2 is 1.97 bits per heavy atom. The number of fused-ring (bicyclic) bond motifs is 3. The van der Waals surface area contributed by atoms with E-state index in [-0.39, 0.29) is 29.9 Å². The quantitative estimate of drug-likeness (QED) is 0.313. The second-order valence-corrected chi connectivity index (χ2v) is 9.20. The zero-order valence-electron chi connectivity index (χ0n) is 18.8. The van der Waals surface area contributed by atoms with Crippen LogP contribution in [-0.4, -0.2) is 51.6 Å². The number of unbranched alkanes of at least 4 members (excludes halogenated alkanes) is 2. The largest absolute Gasteiger partial charge is 0.508 e. The highest BCUT2D eigenvalue weighted by molar-refractivity contribution is 6.53. The number of imide groups is 1. The lowest BCUT2D eigenvalue weighted by molar-refractivity contribution is -0.141. The summed E-state index contributed by atoms with van der Waals surface area (Å²) in [5.41, 5.74) is 2.44. The number of rotatable bonds is 8. The summed E-state index contributed by atoms with van der Waals surface area (Å²) in [4.78, 5) is 38.6. The van der Waals surface area contributed by atoms with Crippen LogP contribution in [0, 0.1) is 17.8 Å². The van der Waals surface area contributed by atoms with E-state index in [1.54, 1.807) is 18.2 Å². The molecule has 0 bridgehead atoms. The molecule has 0 unspecified atom stereocenters. The van der Waals surface area contributed by atoms with Gasteiger partial charge in [-0.3, -0.25) is 19.3 Å². The highest BCUT2D eigenvalue weighted by atomic mass is 16.5. The number of carboxylic acids is 1. The van der Waals surface area contributed by atoms with Gasteiger partial charge in [0, 0.05) is 13.0 Å². The van der Waals surface area contributed by atoms with Gasteiger partial charge in [0.15, 0.2) is 0 Å². The molecule has 2 aliphatic heterocycles. The number of allylic oxidation sites excluding steroid dienone is 2. The lowest BCUT2D eigenvalue weighted by atomic mass is 9.55. The first kappa shape index (κ1) is 23.5. The summed E-state index contributed by atoms with van der Waals surface area (Å²) < 4.78 is 5.91. The molecule has 0 spiro atoms. The summed E-state index contributed by atoms with van der Waals surface area (Å²) >= 11 is 0. The van der Waals surface area contributed by atoms with Gasteiger partial charge in [-0.1, -0.05) is 31.1 Å². The Balaban J connectivity index is 1.55. The van der Waals surface area contributed by atoms with E-state index in [9.17, 15) is 24.5 Å². The van der Waals surface area contributed by atoms with Crippen molar-refractivity contribution in [1.29, 1.82) is 0 Å². The van der Waals surface area contributed by atoms with Gasteiger partial charge in [-0.05, 0) is 61.2 Å². The molecule has 176 valence electrons. The molecule has 2 fully saturated rings. The van der Waals surface area contributed by atoms with Crippen molar-refractivity contribution in [3.63, 3.8) is 0 Å². The Kier molecular flexibility index (Phi) is 6.90. The first-order chi connectivity index (χ1) is 15.8. The van der Waals surface area contributed by atoms with Crippen LogP contribution < -0.4 is 0 Å². The Hall–Kier alpha value is -2.65. The average molecular weight is 455 g/mol. The smallest absolute Gasteiger partial charge is 0.487 e. The first-order valence-corrected chi connectivity index (χ1v) is 11.7. The molecule has 2 amide bonds. The highest BCUT2D eigenvalue weighted by Crippen LogP contribution is 2.52. The maximum Gasteiger partial charge on any atom is 0.487 e. The van der Waals surface area contributed by atoms with Crippen molar-refractivity contribution in [3.05, 3.63) is 40.9 Å². The van der Waals surface area contributed by atoms with Crippen molar-refractivity contribution in [2.45, 2.75) is 58.0 Å². The average Bonchev–Trinajstić information content (AvgIpc) is 3.02. The molecule has 9 heteroatoms. The van der Waals surface area contributed by atoms with Crippen LogP contribution in [0.15, 0.2) is 35.3 Å². The first-order valence-electron chi connectivity index (χ1n) is 11.7. The van der Waals surface area contributed by atoms with Crippen molar-refractivity contribution in [2.75, 3.05) is 6.54 Å². The van der Waals surface area contributed by atoms with Crippen LogP contribution in [0.5, 0.6) is 5.75 Å². The molecular formula is C24H30BNO7. The van der Waals surface area contributed by atoms with Gasteiger partial charge < -0.3 is 19.9 Å². The van der Waals surface area contributed by atoms with Crippen LogP contribution in [0.3, 0.4) is 0 Å². The third kappa shape index (κ3) is 4.57. The number of carbonyl (C=O) groups is 3. The molecule has 4 atom stereocenters. The number of carboxylic acid groups (broad SMARTS) is 1. The van der Waals surface area contributed by atoms with Crippen LogP contribution in [0.25, 0.3) is 0 Å². The predicted molar refractivity (Wildman–Crippen MR) is 120 cm³/mol. The third-order valence-corrected chi connectivity index (χ3v) is 7.24. The van der Waals surface area contributed by atoms with Gasteiger partial charge in [0.25, 0.3) is 0 Å². The molecular weight excluding hydrogens is 425 g/mol. The van der Waals surface area contributed by atoms with E-state index in [0.29, 0.717) is 45.1 Å². The van der Waals surface area contributed by atoms with E-state index in [4.69, 9.17) is 9.76 Å². The van der Waals surface area contributed by atoms with Crippen molar-refractivity contribution in [1.82, 2.24) is 4.90 Å². The number of hydrogen-bond donors (Lipinski definition) is 3. The molecule has 1 aliphatic carbocycles. The summed E-state index contributed by atoms with van der Waals surface area (Å²) in [6.07, 6.45) is 2.88. The summed E-state index contributed by atoms with van der Waals surface area (Å²) in [6, 6.07) is 6.69. The Morgan fingerprint density at radius 1 is 1.18 bits per heavy atom. The minimum Gasteiger partial charge on any atom is -0.508 e. The third-order valence-electron chi connectivity index (χ3n) is 7.24. The van der Waals surface area contributed by atoms with Crippen LogP contribution in [0.2, 0.25) is 0 Å². The Morgan fingerprint density at radius 3 is 2.67 bits per heavy atom. The molecule has 0 saturated carbocycles. The van der Waals surface area contributed by atoms with Gasteiger partial charge in [-0.15, -0.1) is 0 Å². The maximum atomic E-state index is 13.4. The fourth-order valence-corrected chi connectivity index (χ4v) is 5.70. The van der Waals surface area contributed by atoms with E-state index >= 15 is 0 Å². The Labute approximate surface area is 193 Å². The van der Waals surface area contributed by atoms with E-state index in [1.807, 2.05) is 13.0 Å². The predicted octanol–water partition coefficient (Wildman–Crippen LogP) is 2.85. The second kappa shape index (κ2) is 9.69. The molecule has 4 rings (SSSR count). The minimum absolute atomic E-state index is 0.0800. The standard InChI is InChI=1S/C24H30BNO7/c1-2-14-12-18-21(24(31)26(23(18)30)10-5-3-4-9-20(28)29)17-13-19(33-25(32)22(14)17)15-7-6-8-16(27)11-15/h6-8,11,17-19,21,27,32H,2-5,9-10,12-13H2,1H3,(H,28,29)/t17-,18-,19-,21+/m0/s1. The molecule has 0 aromatic heterocycles. The fraction of sp³-hybridized carbons (Fsp3) is 0.542. The zero-order chi connectivity index (χ0) is 23.7. The van der Waals surface area contributed by atoms with E-state index in [0.717, 1.165) is 16.6 Å². The van der Waals surface area contributed by atoms with E-state index in [1.165, 1.54) is 4.90 Å². The number of likely N-dealkylation sites (tertiary alicyclic amines) is 1. The van der Waals surface area contributed by atoms with Gasteiger partial charge in [0.1, 0.15) is 5.75 Å². The number of nitrogens with zero attached hydrogens (tertiary/aromatic N) is 1. The van der Waals surface area contributed by atoms with Crippen molar-refractivity contribution in [2.24, 2.45) is 17.8 Å². The number of hydrogen-bond acceptors (Lipinski definition) is 6. The molecule has 8 nitrogen and oxygen atoms in total. The molecule has 0 radical (unpaired) electrons. The van der Waals surface area contributed by atoms with Crippen molar-refractivity contribution in [3.8, 4) is 5.75 Å². The van der Waals surface area contributed by atoms with Crippen LogP contribution >= 0.6 is 0 Å². The van der Waals surface area contributed by atoms with Gasteiger partial charge >= 0.3 is 13.1 Å². The van der Waals surface area contributed by atoms with Crippen LogP contribution in [-0.2, 0) is 19.0 Å². The van der Waals surface area contributed by atoms with Crippen molar-refractivity contribution < 1.29 is 34.3 Å². The number of benzene rings is 1. The van der Waals surface area contributed by atoms with E-state index in [2.05, 4.69) is 0 Å². The molecule has 33 heavy (non-hydrogen) atoms. The molecule has 3 aliphatic rings. The normalized spacial score (nSPS) is 27.1. The number of carbonyl (C=O) groups excluding carboxylic acids is 2. The molecule has 2 saturated heterocycles. The topological polar surface area (TPSA) is 124 Å². The maximum absolute atomic E-state index is 13.4. The molecule has 1 aromatic carbocycles. The summed E-state index contributed by atoms with van der Waals surface area (Å²) in [6.45, 7) is 2.28. The van der Waals surface area contributed by atoms with Gasteiger partial charge in [-0.2, -0.15) is 0 Å². The summed E-state index contributed by atoms with van der Waals surface area (Å²) in [7, 11) is -1.15. The zero-order valence-corrected chi connectivity index (χ0v) is 18.8. The fourth-order valence-electron chi connectivity index (χ4n) is 5.70. The molecule has 3 N–H and O–H groups in total. The number of phenolic OH excluding ortho intramolecular Hbond substituents is 1. The molecule has 1 aromatic rings. The summed E-state index contributed by atoms with van der Waals surface area (Å²) in [5, 5.41) is 29.5. The monoisotopic (exact) mass is 455 g/mol. The highest BCUT2D eigenvalue weighted by Gasteiger charge is 2.57. The van der Waals surface area contributed by atoms with Gasteiger partial charge in [0.05, 0.1) is 17.9 Å². The summed E-state index contributed by atoms with van der Waals surface area (Å²) in [5.74, 6) is -2.38. The number of aromatic hydroxyl groups is 1. The van der Waals surface area contributed by atoms with E-state index < -0.39 is 31.0 Å². The molecule has 2 heterocycles.